The first-order valence-corrected chi connectivity index (χ1v) is 13.3. The molecule has 7 nitrogen and oxygen atoms in total. The summed E-state index contributed by atoms with van der Waals surface area (Å²) in [4.78, 5) is 19.7. The molecule has 2 N–H and O–H groups in total. The number of amides is 1. The maximum Gasteiger partial charge on any atom is 0.274 e. The summed E-state index contributed by atoms with van der Waals surface area (Å²) in [6.07, 6.45) is 9.59. The number of carbonyl (C=O) groups is 1. The average molecular weight is 462 g/mol. The highest BCUT2D eigenvalue weighted by atomic mass is 16.5. The van der Waals surface area contributed by atoms with Gasteiger partial charge in [-0.15, -0.1) is 0 Å². The molecule has 2 bridgehead atoms. The van der Waals surface area contributed by atoms with E-state index in [0.717, 1.165) is 80.7 Å². The summed E-state index contributed by atoms with van der Waals surface area (Å²) in [6, 6.07) is 4.25. The summed E-state index contributed by atoms with van der Waals surface area (Å²) >= 11 is 0. The Balaban J connectivity index is 0.988. The lowest BCUT2D eigenvalue weighted by Crippen LogP contribution is -2.43. The number of carbonyl (C=O) groups excluding carboxylic acids is 1. The summed E-state index contributed by atoms with van der Waals surface area (Å²) < 4.78 is 8.43. The van der Waals surface area contributed by atoms with Gasteiger partial charge in [-0.05, 0) is 81.6 Å². The number of rotatable bonds is 6. The molecule has 5 aliphatic carbocycles. The van der Waals surface area contributed by atoms with Gasteiger partial charge in [-0.3, -0.25) is 9.48 Å². The van der Waals surface area contributed by atoms with Crippen molar-refractivity contribution in [2.24, 2.45) is 23.5 Å². The van der Waals surface area contributed by atoms with Crippen molar-refractivity contribution < 1.29 is 9.53 Å². The Hall–Kier alpha value is -2.41. The van der Waals surface area contributed by atoms with Gasteiger partial charge in [0.1, 0.15) is 6.10 Å². The molecule has 3 saturated carbocycles. The Morgan fingerprint density at radius 3 is 2.62 bits per heavy atom. The first kappa shape index (κ1) is 20.9. The van der Waals surface area contributed by atoms with Crippen LogP contribution < -0.4 is 10.5 Å². The van der Waals surface area contributed by atoms with Crippen LogP contribution in [0.4, 0.5) is 0 Å². The SMILES string of the molecule is Cc1cccnc1OC1CCC(CCn2nc(C(=O)N3CCC(N)CC3)c3c2C2C4C3[C@@H]24)CC1. The van der Waals surface area contributed by atoms with Crippen LogP contribution >= 0.6 is 0 Å². The molecule has 2 aromatic rings. The number of nitrogens with two attached hydrogens (primary N) is 1. The van der Waals surface area contributed by atoms with Crippen LogP contribution in [0.5, 0.6) is 5.88 Å². The fourth-order valence-corrected chi connectivity index (χ4v) is 7.11. The largest absolute Gasteiger partial charge is 0.474 e. The third-order valence-corrected chi connectivity index (χ3v) is 9.31. The van der Waals surface area contributed by atoms with E-state index in [2.05, 4.69) is 22.7 Å². The summed E-state index contributed by atoms with van der Waals surface area (Å²) in [5, 5.41) is 4.95. The van der Waals surface area contributed by atoms with Crippen LogP contribution in [-0.4, -0.2) is 50.8 Å². The van der Waals surface area contributed by atoms with E-state index in [-0.39, 0.29) is 18.1 Å². The molecular weight excluding hydrogens is 426 g/mol. The molecule has 4 atom stereocenters. The van der Waals surface area contributed by atoms with E-state index in [1.165, 1.54) is 24.1 Å². The number of likely N-dealkylation sites (tertiary alicyclic amines) is 1. The number of aryl methyl sites for hydroxylation is 2. The molecule has 2 aromatic heterocycles. The second kappa shape index (κ2) is 7.80. The van der Waals surface area contributed by atoms with Crippen LogP contribution in [0.2, 0.25) is 0 Å². The Kier molecular flexibility index (Phi) is 4.80. The van der Waals surface area contributed by atoms with Gasteiger partial charge >= 0.3 is 0 Å². The topological polar surface area (TPSA) is 86.3 Å². The molecule has 8 rings (SSSR count). The van der Waals surface area contributed by atoms with E-state index < -0.39 is 0 Å². The van der Waals surface area contributed by atoms with E-state index in [4.69, 9.17) is 15.6 Å². The normalized spacial score (nSPS) is 33.4. The average Bonchev–Trinajstić information content (AvgIpc) is 3.62. The van der Waals surface area contributed by atoms with Crippen LogP contribution in [0.3, 0.4) is 0 Å². The number of piperidine rings is 1. The number of hydrogen-bond acceptors (Lipinski definition) is 5. The number of pyridine rings is 1. The monoisotopic (exact) mass is 461 g/mol. The first-order valence-electron chi connectivity index (χ1n) is 13.3. The summed E-state index contributed by atoms with van der Waals surface area (Å²) in [5.74, 6) is 4.66. The van der Waals surface area contributed by atoms with Crippen molar-refractivity contribution in [3.05, 3.63) is 40.8 Å². The molecular formula is C27H35N5O2. The standard InChI is InChI=1S/C27H35N5O2/c1-15-3-2-11-29-26(15)34-18-6-4-16(5-7-18)8-14-32-25-22-19-20(22)21(19)23(25)24(30-32)27(33)31-12-9-17(28)10-13-31/h2-3,11,16-22H,4-10,12-14,28H2,1H3/t16?,18?,19-,20?,21?,22?/m0/s1. The lowest BCUT2D eigenvalue weighted by atomic mass is 9.85. The van der Waals surface area contributed by atoms with Gasteiger partial charge in [0, 0.05) is 54.6 Å². The summed E-state index contributed by atoms with van der Waals surface area (Å²) in [6.45, 7) is 4.54. The van der Waals surface area contributed by atoms with Gasteiger partial charge in [0.05, 0.1) is 0 Å². The lowest BCUT2D eigenvalue weighted by molar-refractivity contribution is 0.0706. The Morgan fingerprint density at radius 1 is 1.12 bits per heavy atom. The van der Waals surface area contributed by atoms with Gasteiger partial charge in [-0.2, -0.15) is 5.10 Å². The predicted molar refractivity (Wildman–Crippen MR) is 128 cm³/mol. The van der Waals surface area contributed by atoms with Crippen molar-refractivity contribution in [1.29, 1.82) is 0 Å². The van der Waals surface area contributed by atoms with Crippen molar-refractivity contribution in [2.75, 3.05) is 13.1 Å². The van der Waals surface area contributed by atoms with Crippen LogP contribution in [0.1, 0.15) is 84.1 Å². The molecule has 1 amide bonds. The van der Waals surface area contributed by atoms with Crippen molar-refractivity contribution >= 4 is 5.91 Å². The Bertz CT molecular complexity index is 1100. The van der Waals surface area contributed by atoms with Crippen LogP contribution in [0, 0.1) is 24.7 Å². The smallest absolute Gasteiger partial charge is 0.274 e. The molecule has 0 spiro atoms. The van der Waals surface area contributed by atoms with Crippen molar-refractivity contribution in [3.63, 3.8) is 0 Å². The maximum absolute atomic E-state index is 13.4. The molecule has 34 heavy (non-hydrogen) atoms. The number of nitrogens with zero attached hydrogens (tertiary/aromatic N) is 4. The highest BCUT2D eigenvalue weighted by Gasteiger charge is 2.81. The first-order chi connectivity index (χ1) is 16.6. The van der Waals surface area contributed by atoms with Crippen LogP contribution in [0.15, 0.2) is 18.3 Å². The second-order valence-electron chi connectivity index (χ2n) is 11.4. The molecule has 4 fully saturated rings. The Labute approximate surface area is 201 Å². The van der Waals surface area contributed by atoms with Gasteiger partial charge in [0.15, 0.2) is 5.69 Å². The van der Waals surface area contributed by atoms with Gasteiger partial charge in [-0.25, -0.2) is 4.98 Å². The minimum Gasteiger partial charge on any atom is -0.474 e. The quantitative estimate of drug-likeness (QED) is 0.710. The molecule has 1 saturated heterocycles. The molecule has 1 aliphatic heterocycles. The number of ether oxygens (including phenoxy) is 1. The van der Waals surface area contributed by atoms with E-state index in [1.54, 1.807) is 0 Å². The van der Waals surface area contributed by atoms with Gasteiger partial charge in [0.25, 0.3) is 5.91 Å². The van der Waals surface area contributed by atoms with Crippen LogP contribution in [-0.2, 0) is 6.54 Å². The zero-order chi connectivity index (χ0) is 23.0. The molecule has 6 aliphatic rings. The fraction of sp³-hybridized carbons (Fsp3) is 0.667. The highest BCUT2D eigenvalue weighted by Crippen LogP contribution is 2.88. The third-order valence-electron chi connectivity index (χ3n) is 9.31. The van der Waals surface area contributed by atoms with Gasteiger partial charge < -0.3 is 15.4 Å². The van der Waals surface area contributed by atoms with E-state index in [1.807, 2.05) is 17.2 Å². The van der Waals surface area contributed by atoms with Crippen molar-refractivity contribution in [3.8, 4) is 5.88 Å². The minimum absolute atomic E-state index is 0.149. The van der Waals surface area contributed by atoms with E-state index in [0.29, 0.717) is 17.8 Å². The second-order valence-corrected chi connectivity index (χ2v) is 11.4. The van der Waals surface area contributed by atoms with Crippen LogP contribution in [0.25, 0.3) is 0 Å². The maximum atomic E-state index is 13.4. The van der Waals surface area contributed by atoms with Gasteiger partial charge in [0.2, 0.25) is 5.88 Å². The number of aromatic nitrogens is 3. The van der Waals surface area contributed by atoms with Gasteiger partial charge in [-0.1, -0.05) is 6.07 Å². The highest BCUT2D eigenvalue weighted by molar-refractivity contribution is 5.95. The summed E-state index contributed by atoms with van der Waals surface area (Å²) in [7, 11) is 0. The third kappa shape index (κ3) is 3.30. The Morgan fingerprint density at radius 2 is 1.88 bits per heavy atom. The number of hydrogen-bond donors (Lipinski definition) is 1. The molecule has 7 heteroatoms. The molecule has 0 radical (unpaired) electrons. The zero-order valence-electron chi connectivity index (χ0n) is 20.0. The van der Waals surface area contributed by atoms with Crippen molar-refractivity contribution in [1.82, 2.24) is 19.7 Å². The predicted octanol–water partition coefficient (Wildman–Crippen LogP) is 3.62. The lowest BCUT2D eigenvalue weighted by Gasteiger charge is -2.30. The zero-order valence-corrected chi connectivity index (χ0v) is 20.0. The van der Waals surface area contributed by atoms with E-state index in [9.17, 15) is 4.79 Å². The fourth-order valence-electron chi connectivity index (χ4n) is 7.11. The molecule has 180 valence electrons. The minimum atomic E-state index is 0.149. The molecule has 0 aromatic carbocycles. The van der Waals surface area contributed by atoms with E-state index >= 15 is 0 Å². The summed E-state index contributed by atoms with van der Waals surface area (Å²) in [5.41, 5.74) is 10.7. The van der Waals surface area contributed by atoms with Crippen molar-refractivity contribution in [2.45, 2.75) is 82.4 Å². The molecule has 3 unspecified atom stereocenters. The molecule has 3 heterocycles.